The molecule has 4 nitrogen and oxygen atoms in total. The van der Waals surface area contributed by atoms with E-state index >= 15 is 0 Å². The number of para-hydroxylation sites is 1. The van der Waals surface area contributed by atoms with Crippen molar-refractivity contribution in [2.24, 2.45) is 0 Å². The Hall–Kier alpha value is -1.88. The van der Waals surface area contributed by atoms with Gasteiger partial charge in [-0.1, -0.05) is 18.2 Å². The number of pyridine rings is 1. The Morgan fingerprint density at radius 2 is 2.21 bits per heavy atom. The van der Waals surface area contributed by atoms with Gasteiger partial charge in [0.2, 0.25) is 5.91 Å². The van der Waals surface area contributed by atoms with Crippen molar-refractivity contribution in [2.45, 2.75) is 5.92 Å². The van der Waals surface area contributed by atoms with Crippen LogP contribution in [-0.2, 0) is 4.79 Å². The summed E-state index contributed by atoms with van der Waals surface area (Å²) in [6, 6.07) is 9.67. The summed E-state index contributed by atoms with van der Waals surface area (Å²) in [4.78, 5) is 16.3. The van der Waals surface area contributed by atoms with Crippen molar-refractivity contribution in [1.29, 1.82) is 0 Å². The van der Waals surface area contributed by atoms with E-state index in [-0.39, 0.29) is 11.8 Å². The van der Waals surface area contributed by atoms with Gasteiger partial charge in [-0.05, 0) is 33.6 Å². The van der Waals surface area contributed by atoms with Crippen molar-refractivity contribution in [1.82, 2.24) is 4.98 Å². The van der Waals surface area contributed by atoms with Crippen molar-refractivity contribution in [3.8, 4) is 0 Å². The molecule has 2 N–H and O–H groups in total. The normalized spacial score (nSPS) is 16.6. The molecule has 0 radical (unpaired) electrons. The fourth-order valence-electron chi connectivity index (χ4n) is 2.21. The van der Waals surface area contributed by atoms with Crippen LogP contribution in [0, 0.1) is 0 Å². The zero-order chi connectivity index (χ0) is 13.2. The number of anilines is 2. The van der Waals surface area contributed by atoms with Crippen LogP contribution in [0.1, 0.15) is 11.5 Å². The number of benzene rings is 1. The van der Waals surface area contributed by atoms with Crippen LogP contribution in [0.2, 0.25) is 0 Å². The zero-order valence-corrected chi connectivity index (χ0v) is 11.6. The molecule has 1 aliphatic rings. The van der Waals surface area contributed by atoms with Gasteiger partial charge < -0.3 is 10.6 Å². The summed E-state index contributed by atoms with van der Waals surface area (Å²) >= 11 is 3.37. The fourth-order valence-corrected chi connectivity index (χ4v) is 2.56. The monoisotopic (exact) mass is 317 g/mol. The van der Waals surface area contributed by atoms with Crippen LogP contribution < -0.4 is 10.6 Å². The lowest BCUT2D eigenvalue weighted by molar-refractivity contribution is -0.117. The molecule has 0 bridgehead atoms. The van der Waals surface area contributed by atoms with Crippen LogP contribution in [0.25, 0.3) is 0 Å². The molecule has 0 saturated heterocycles. The van der Waals surface area contributed by atoms with Gasteiger partial charge in [-0.25, -0.2) is 0 Å². The average molecular weight is 318 g/mol. The number of hydrogen-bond donors (Lipinski definition) is 2. The smallest absolute Gasteiger partial charge is 0.233 e. The van der Waals surface area contributed by atoms with Gasteiger partial charge in [-0.3, -0.25) is 9.78 Å². The number of amides is 1. The second-order valence-corrected chi connectivity index (χ2v) is 5.22. The molecule has 0 aliphatic carbocycles. The van der Waals surface area contributed by atoms with Crippen LogP contribution in [0.3, 0.4) is 0 Å². The Bertz CT molecular complexity index is 630. The molecule has 0 saturated carbocycles. The molecule has 1 unspecified atom stereocenters. The van der Waals surface area contributed by atoms with E-state index in [0.717, 1.165) is 21.4 Å². The summed E-state index contributed by atoms with van der Waals surface area (Å²) < 4.78 is 0.780. The Morgan fingerprint density at radius 3 is 3.05 bits per heavy atom. The number of nitrogens with one attached hydrogen (secondary N) is 2. The van der Waals surface area contributed by atoms with Crippen LogP contribution in [0.5, 0.6) is 0 Å². The lowest BCUT2D eigenvalue weighted by Gasteiger charge is -2.12. The van der Waals surface area contributed by atoms with E-state index in [2.05, 4.69) is 31.5 Å². The lowest BCUT2D eigenvalue weighted by atomic mass is 10.0. The quantitative estimate of drug-likeness (QED) is 0.895. The first-order valence-corrected chi connectivity index (χ1v) is 6.78. The molecule has 1 atom stereocenters. The molecule has 0 fully saturated rings. The molecular formula is C14H12BrN3O. The van der Waals surface area contributed by atoms with Crippen molar-refractivity contribution < 1.29 is 4.79 Å². The summed E-state index contributed by atoms with van der Waals surface area (Å²) in [5, 5.41) is 6.17. The molecule has 19 heavy (non-hydrogen) atoms. The zero-order valence-electron chi connectivity index (χ0n) is 10.1. The summed E-state index contributed by atoms with van der Waals surface area (Å²) in [7, 11) is 0. The third-order valence-corrected chi connectivity index (χ3v) is 3.81. The highest BCUT2D eigenvalue weighted by Crippen LogP contribution is 2.32. The van der Waals surface area contributed by atoms with Crippen molar-refractivity contribution in [3.05, 3.63) is 52.8 Å². The molecule has 1 aliphatic heterocycles. The standard InChI is InChI=1S/C14H12BrN3O/c15-11-8-16-6-5-13(11)18-14(19)10-7-17-12-4-2-1-3-9(10)12/h1-6,8,10,17H,7H2,(H,16,18,19). The van der Waals surface area contributed by atoms with Crippen LogP contribution in [-0.4, -0.2) is 17.4 Å². The number of rotatable bonds is 2. The third kappa shape index (κ3) is 2.33. The van der Waals surface area contributed by atoms with Crippen molar-refractivity contribution in [2.75, 3.05) is 17.2 Å². The highest BCUT2D eigenvalue weighted by Gasteiger charge is 2.28. The second kappa shape index (κ2) is 5.01. The average Bonchev–Trinajstić information content (AvgIpc) is 2.85. The first-order chi connectivity index (χ1) is 9.25. The molecule has 1 amide bonds. The summed E-state index contributed by atoms with van der Waals surface area (Å²) in [5.41, 5.74) is 2.83. The van der Waals surface area contributed by atoms with Gasteiger partial charge in [0, 0.05) is 24.6 Å². The minimum atomic E-state index is -0.156. The highest BCUT2D eigenvalue weighted by molar-refractivity contribution is 9.10. The minimum Gasteiger partial charge on any atom is -0.384 e. The van der Waals surface area contributed by atoms with E-state index in [1.54, 1.807) is 18.5 Å². The minimum absolute atomic E-state index is 0.00986. The number of fused-ring (bicyclic) bond motifs is 1. The van der Waals surface area contributed by atoms with Crippen LogP contribution >= 0.6 is 15.9 Å². The summed E-state index contributed by atoms with van der Waals surface area (Å²) in [6.45, 7) is 0.633. The Labute approximate surface area is 119 Å². The Balaban J connectivity index is 1.81. The number of halogens is 1. The van der Waals surface area contributed by atoms with E-state index in [9.17, 15) is 4.79 Å². The van der Waals surface area contributed by atoms with E-state index in [0.29, 0.717) is 6.54 Å². The maximum absolute atomic E-state index is 12.3. The lowest BCUT2D eigenvalue weighted by Crippen LogP contribution is -2.22. The van der Waals surface area contributed by atoms with Gasteiger partial charge in [0.05, 0.1) is 16.1 Å². The molecule has 1 aromatic heterocycles. The highest BCUT2D eigenvalue weighted by atomic mass is 79.9. The summed E-state index contributed by atoms with van der Waals surface area (Å²) in [5.74, 6) is -0.166. The molecular weight excluding hydrogens is 306 g/mol. The van der Waals surface area contributed by atoms with Gasteiger partial charge >= 0.3 is 0 Å². The predicted octanol–water partition coefficient (Wildman–Crippen LogP) is 2.99. The maximum Gasteiger partial charge on any atom is 0.233 e. The number of nitrogens with zero attached hydrogens (tertiary/aromatic N) is 1. The van der Waals surface area contributed by atoms with Gasteiger partial charge in [0.15, 0.2) is 0 Å². The first-order valence-electron chi connectivity index (χ1n) is 5.99. The first kappa shape index (κ1) is 12.2. The van der Waals surface area contributed by atoms with Gasteiger partial charge in [-0.15, -0.1) is 0 Å². The van der Waals surface area contributed by atoms with E-state index in [1.165, 1.54) is 0 Å². The van der Waals surface area contributed by atoms with E-state index < -0.39 is 0 Å². The van der Waals surface area contributed by atoms with E-state index in [1.807, 2.05) is 24.3 Å². The van der Waals surface area contributed by atoms with Gasteiger partial charge in [0.25, 0.3) is 0 Å². The number of aromatic nitrogens is 1. The number of carbonyl (C=O) groups is 1. The molecule has 5 heteroatoms. The largest absolute Gasteiger partial charge is 0.384 e. The topological polar surface area (TPSA) is 54.0 Å². The molecule has 2 aromatic rings. The third-order valence-electron chi connectivity index (χ3n) is 3.18. The number of carbonyl (C=O) groups excluding carboxylic acids is 1. The van der Waals surface area contributed by atoms with Crippen LogP contribution in [0.4, 0.5) is 11.4 Å². The second-order valence-electron chi connectivity index (χ2n) is 4.37. The van der Waals surface area contributed by atoms with Crippen molar-refractivity contribution >= 4 is 33.2 Å². The molecule has 2 heterocycles. The van der Waals surface area contributed by atoms with Crippen molar-refractivity contribution in [3.63, 3.8) is 0 Å². The predicted molar refractivity (Wildman–Crippen MR) is 78.2 cm³/mol. The van der Waals surface area contributed by atoms with Gasteiger partial charge in [-0.2, -0.15) is 0 Å². The Kier molecular flexibility index (Phi) is 3.21. The molecule has 3 rings (SSSR count). The SMILES string of the molecule is O=C(Nc1ccncc1Br)C1CNc2ccccc21. The van der Waals surface area contributed by atoms with Crippen LogP contribution in [0.15, 0.2) is 47.2 Å². The maximum atomic E-state index is 12.3. The van der Waals surface area contributed by atoms with Gasteiger partial charge in [0.1, 0.15) is 0 Å². The Morgan fingerprint density at radius 1 is 1.37 bits per heavy atom. The number of hydrogen-bond acceptors (Lipinski definition) is 3. The van der Waals surface area contributed by atoms with E-state index in [4.69, 9.17) is 0 Å². The molecule has 0 spiro atoms. The summed E-state index contributed by atoms with van der Waals surface area (Å²) in [6.07, 6.45) is 3.32. The molecule has 96 valence electrons. The fraction of sp³-hybridized carbons (Fsp3) is 0.143. The molecule has 1 aromatic carbocycles.